The van der Waals surface area contributed by atoms with Gasteiger partial charge in [0.25, 0.3) is 0 Å². The molecule has 5 nitrogen and oxygen atoms in total. The number of nitrogens with one attached hydrogen (secondary N) is 2. The zero-order chi connectivity index (χ0) is 13.5. The smallest absolute Gasteiger partial charge is 0.315 e. The van der Waals surface area contributed by atoms with Gasteiger partial charge in [-0.15, -0.1) is 11.3 Å². The monoisotopic (exact) mass is 283 g/mol. The highest BCUT2D eigenvalue weighted by Gasteiger charge is 2.25. The van der Waals surface area contributed by atoms with Crippen LogP contribution in [-0.4, -0.2) is 35.3 Å². The van der Waals surface area contributed by atoms with Crippen LogP contribution in [0.1, 0.15) is 31.4 Å². The molecule has 0 spiro atoms. The van der Waals surface area contributed by atoms with Gasteiger partial charge in [-0.1, -0.05) is 12.8 Å². The van der Waals surface area contributed by atoms with Crippen molar-refractivity contribution < 1.29 is 9.90 Å². The second-order valence-electron chi connectivity index (χ2n) is 4.96. The van der Waals surface area contributed by atoms with Gasteiger partial charge in [0.1, 0.15) is 0 Å². The molecule has 1 fully saturated rings. The van der Waals surface area contributed by atoms with Gasteiger partial charge in [-0.25, -0.2) is 9.78 Å². The minimum Gasteiger partial charge on any atom is -0.396 e. The molecule has 1 saturated carbocycles. The van der Waals surface area contributed by atoms with E-state index in [1.807, 2.05) is 5.38 Å². The van der Waals surface area contributed by atoms with Gasteiger partial charge < -0.3 is 15.7 Å². The van der Waals surface area contributed by atoms with E-state index in [1.54, 1.807) is 16.8 Å². The molecular weight excluding hydrogens is 262 g/mol. The zero-order valence-corrected chi connectivity index (χ0v) is 11.8. The first kappa shape index (κ1) is 14.3. The normalized spacial score (nSPS) is 23.0. The highest BCUT2D eigenvalue weighted by molar-refractivity contribution is 7.07. The highest BCUT2D eigenvalue weighted by Crippen LogP contribution is 2.23. The first-order valence-corrected chi connectivity index (χ1v) is 7.76. The van der Waals surface area contributed by atoms with Gasteiger partial charge >= 0.3 is 6.03 Å². The van der Waals surface area contributed by atoms with Gasteiger partial charge in [-0.2, -0.15) is 0 Å². The summed E-state index contributed by atoms with van der Waals surface area (Å²) >= 11 is 1.56. The first-order chi connectivity index (χ1) is 9.29. The number of carbonyl (C=O) groups is 1. The lowest BCUT2D eigenvalue weighted by molar-refractivity contribution is 0.154. The van der Waals surface area contributed by atoms with Crippen LogP contribution in [0.2, 0.25) is 0 Å². The van der Waals surface area contributed by atoms with E-state index in [2.05, 4.69) is 15.6 Å². The summed E-state index contributed by atoms with van der Waals surface area (Å²) in [4.78, 5) is 15.9. The molecule has 1 aromatic rings. The molecule has 2 rings (SSSR count). The minimum absolute atomic E-state index is 0.109. The maximum atomic E-state index is 11.8. The molecule has 0 aromatic carbocycles. The Bertz CT molecular complexity index is 383. The molecule has 1 aliphatic carbocycles. The van der Waals surface area contributed by atoms with E-state index in [-0.39, 0.29) is 24.6 Å². The Kier molecular flexibility index (Phi) is 5.60. The Labute approximate surface area is 117 Å². The molecule has 106 valence electrons. The summed E-state index contributed by atoms with van der Waals surface area (Å²) < 4.78 is 0. The van der Waals surface area contributed by atoms with Crippen LogP contribution in [0.15, 0.2) is 10.9 Å². The minimum atomic E-state index is -0.138. The van der Waals surface area contributed by atoms with E-state index in [0.717, 1.165) is 37.8 Å². The second-order valence-corrected chi connectivity index (χ2v) is 5.68. The van der Waals surface area contributed by atoms with Gasteiger partial charge in [-0.3, -0.25) is 0 Å². The molecule has 1 heterocycles. The molecule has 0 aliphatic heterocycles. The molecule has 0 radical (unpaired) electrons. The van der Waals surface area contributed by atoms with E-state index in [0.29, 0.717) is 6.54 Å². The molecule has 1 aromatic heterocycles. The highest BCUT2D eigenvalue weighted by atomic mass is 32.1. The van der Waals surface area contributed by atoms with Crippen molar-refractivity contribution in [2.45, 2.75) is 38.1 Å². The number of aromatic nitrogens is 1. The Morgan fingerprint density at radius 2 is 2.32 bits per heavy atom. The van der Waals surface area contributed by atoms with Gasteiger partial charge in [0, 0.05) is 36.9 Å². The lowest BCUT2D eigenvalue weighted by atomic mass is 9.85. The summed E-state index contributed by atoms with van der Waals surface area (Å²) in [7, 11) is 0. The van der Waals surface area contributed by atoms with E-state index in [1.165, 1.54) is 0 Å². The predicted octanol–water partition coefficient (Wildman–Crippen LogP) is 1.54. The second kappa shape index (κ2) is 7.45. The molecule has 2 atom stereocenters. The lowest BCUT2D eigenvalue weighted by Gasteiger charge is -2.30. The standard InChI is InChI=1S/C13H21N3O2S/c17-7-10-3-1-2-4-12(10)16-13(18)14-6-5-11-8-19-9-15-11/h8-10,12,17H,1-7H2,(H2,14,16,18). The van der Waals surface area contributed by atoms with E-state index >= 15 is 0 Å². The molecule has 3 N–H and O–H groups in total. The maximum absolute atomic E-state index is 11.8. The number of amides is 2. The summed E-state index contributed by atoms with van der Waals surface area (Å²) in [6.45, 7) is 0.746. The van der Waals surface area contributed by atoms with Crippen LogP contribution in [0, 0.1) is 5.92 Å². The van der Waals surface area contributed by atoms with Crippen molar-refractivity contribution in [3.8, 4) is 0 Å². The molecular formula is C13H21N3O2S. The predicted molar refractivity (Wildman–Crippen MR) is 75.2 cm³/mol. The van der Waals surface area contributed by atoms with Crippen molar-refractivity contribution in [1.82, 2.24) is 15.6 Å². The number of urea groups is 1. The van der Waals surface area contributed by atoms with Gasteiger partial charge in [0.05, 0.1) is 11.2 Å². The molecule has 2 unspecified atom stereocenters. The maximum Gasteiger partial charge on any atom is 0.315 e. The molecule has 1 aliphatic rings. The summed E-state index contributed by atoms with van der Waals surface area (Å²) in [5.41, 5.74) is 2.81. The Balaban J connectivity index is 1.68. The third-order valence-corrected chi connectivity index (χ3v) is 4.25. The fraction of sp³-hybridized carbons (Fsp3) is 0.692. The fourth-order valence-electron chi connectivity index (χ4n) is 2.50. The summed E-state index contributed by atoms with van der Waals surface area (Å²) in [5, 5.41) is 17.1. The summed E-state index contributed by atoms with van der Waals surface area (Å²) in [6, 6.07) is -0.0291. The molecule has 19 heavy (non-hydrogen) atoms. The summed E-state index contributed by atoms with van der Waals surface area (Å²) in [6.07, 6.45) is 4.99. The SMILES string of the molecule is O=C(NCCc1cscn1)NC1CCCCC1CO. The fourth-order valence-corrected chi connectivity index (χ4v) is 3.09. The number of thiazole rings is 1. The van der Waals surface area contributed by atoms with Crippen molar-refractivity contribution in [2.24, 2.45) is 5.92 Å². The van der Waals surface area contributed by atoms with Crippen molar-refractivity contribution in [3.05, 3.63) is 16.6 Å². The van der Waals surface area contributed by atoms with Crippen LogP contribution < -0.4 is 10.6 Å². The van der Waals surface area contributed by atoms with Crippen LogP contribution in [0.25, 0.3) is 0 Å². The van der Waals surface area contributed by atoms with E-state index in [9.17, 15) is 9.90 Å². The largest absolute Gasteiger partial charge is 0.396 e. The van der Waals surface area contributed by atoms with Crippen LogP contribution in [-0.2, 0) is 6.42 Å². The van der Waals surface area contributed by atoms with Crippen molar-refractivity contribution >= 4 is 17.4 Å². The van der Waals surface area contributed by atoms with Crippen molar-refractivity contribution in [2.75, 3.05) is 13.2 Å². The van der Waals surface area contributed by atoms with E-state index in [4.69, 9.17) is 0 Å². The first-order valence-electron chi connectivity index (χ1n) is 6.82. The molecule has 2 amide bonds. The van der Waals surface area contributed by atoms with E-state index < -0.39 is 0 Å². The molecule has 6 heteroatoms. The number of aliphatic hydroxyl groups excluding tert-OH is 1. The number of aliphatic hydroxyl groups is 1. The average Bonchev–Trinajstić information content (AvgIpc) is 2.92. The van der Waals surface area contributed by atoms with Crippen molar-refractivity contribution in [1.29, 1.82) is 0 Å². The molecule has 0 bridgehead atoms. The van der Waals surface area contributed by atoms with Gasteiger partial charge in [0.15, 0.2) is 0 Å². The van der Waals surface area contributed by atoms with Crippen LogP contribution >= 0.6 is 11.3 Å². The Morgan fingerprint density at radius 1 is 1.47 bits per heavy atom. The summed E-state index contributed by atoms with van der Waals surface area (Å²) in [5.74, 6) is 0.207. The van der Waals surface area contributed by atoms with Crippen LogP contribution in [0.5, 0.6) is 0 Å². The third kappa shape index (κ3) is 4.47. The Hall–Kier alpha value is -1.14. The number of rotatable bonds is 5. The lowest BCUT2D eigenvalue weighted by Crippen LogP contribution is -2.48. The number of carbonyl (C=O) groups excluding carboxylic acids is 1. The third-order valence-electron chi connectivity index (χ3n) is 3.61. The topological polar surface area (TPSA) is 74.2 Å². The quantitative estimate of drug-likeness (QED) is 0.767. The average molecular weight is 283 g/mol. The van der Waals surface area contributed by atoms with Crippen LogP contribution in [0.4, 0.5) is 4.79 Å². The Morgan fingerprint density at radius 3 is 3.05 bits per heavy atom. The number of hydrogen-bond acceptors (Lipinski definition) is 4. The van der Waals surface area contributed by atoms with Gasteiger partial charge in [0.2, 0.25) is 0 Å². The molecule has 0 saturated heterocycles. The number of hydrogen-bond donors (Lipinski definition) is 3. The van der Waals surface area contributed by atoms with Gasteiger partial charge in [-0.05, 0) is 12.8 Å². The zero-order valence-electron chi connectivity index (χ0n) is 11.0. The number of nitrogens with zero attached hydrogens (tertiary/aromatic N) is 1. The van der Waals surface area contributed by atoms with Crippen molar-refractivity contribution in [3.63, 3.8) is 0 Å². The van der Waals surface area contributed by atoms with Crippen LogP contribution in [0.3, 0.4) is 0 Å².